The molecule has 0 bridgehead atoms. The highest BCUT2D eigenvalue weighted by molar-refractivity contribution is 5.86. The third-order valence-electron chi connectivity index (χ3n) is 15.3. The summed E-state index contributed by atoms with van der Waals surface area (Å²) in [6.45, 7) is 19.0. The lowest BCUT2D eigenvalue weighted by Crippen LogP contribution is -2.54. The Morgan fingerprint density at radius 1 is 0.583 bits per heavy atom. The zero-order valence-corrected chi connectivity index (χ0v) is 44.8. The number of halogens is 2. The molecule has 72 heavy (non-hydrogen) atoms. The largest absolute Gasteiger partial charge is 0.393 e. The molecular weight excluding hydrogens is 956 g/mol. The number of carbonyl (C=O) groups is 2. The Kier molecular flexibility index (Phi) is 26.8. The van der Waals surface area contributed by atoms with E-state index < -0.39 is 0 Å². The van der Waals surface area contributed by atoms with Gasteiger partial charge in [0.25, 0.3) is 0 Å². The number of hydrogen-bond donors (Lipinski definition) is 5. The Balaban J connectivity index is 0.000000170. The van der Waals surface area contributed by atoms with Crippen LogP contribution in [0.1, 0.15) is 89.2 Å². The first-order valence-corrected chi connectivity index (χ1v) is 26.7. The second-order valence-corrected chi connectivity index (χ2v) is 21.0. The first-order valence-electron chi connectivity index (χ1n) is 26.7. The number of Topliss-reactive ketones (excluding diaryl/α,β-unsaturated/α-hetero) is 2. The standard InChI is InChI=1S/C20H28N2O.C12H15N.C8H15NO2.C8H13NO2.C5H11NO.C3H4O2.2ClH/c1-15(11-16-5-3-2-4-6-16)19-12-20(19)21-17-7-9-22(10-8-17)18-13-23-14-18;1-9(11-8-12(11)13)7-10-5-3-2-4-6-10;2*10-8-1-3-9(4-2-8)7-5-11-6-7;7-5-1-3-6-4-2-5;4-3-1-5-2-3;;/h2-6,11,17-21H,7-10,12-14H2,1H3;2-7,11-12H,8,13H2,1H3;7-8,10H,1-6H2;7H,1-6H2;5-7H,1-4H2;1-2H2;2*1H/b15-11+;9-7+;;;;;;/t19-,20+;11-,12+;;;;;;/m00....../s1. The average Bonchev–Trinajstić information content (AvgIpc) is 4.25. The molecule has 14 nitrogen and oxygen atoms in total. The van der Waals surface area contributed by atoms with Gasteiger partial charge in [0.05, 0.1) is 70.0 Å². The van der Waals surface area contributed by atoms with Crippen molar-refractivity contribution in [3.05, 3.63) is 82.9 Å². The first kappa shape index (κ1) is 60.2. The number of nitrogens with zero attached hydrogens (tertiary/aromatic N) is 3. The lowest BCUT2D eigenvalue weighted by atomic mass is 10.0. The van der Waals surface area contributed by atoms with E-state index in [9.17, 15) is 14.7 Å². The summed E-state index contributed by atoms with van der Waals surface area (Å²) in [5.41, 5.74) is 11.3. The zero-order valence-electron chi connectivity index (χ0n) is 43.2. The van der Waals surface area contributed by atoms with E-state index in [4.69, 9.17) is 25.1 Å². The van der Waals surface area contributed by atoms with E-state index in [1.54, 1.807) is 0 Å². The van der Waals surface area contributed by atoms with E-state index >= 15 is 0 Å². The minimum atomic E-state index is -0.0488. The molecule has 0 radical (unpaired) electrons. The highest BCUT2D eigenvalue weighted by Gasteiger charge is 2.40. The fourth-order valence-corrected chi connectivity index (χ4v) is 9.88. The molecule has 0 amide bonds. The molecule has 10 aliphatic rings. The highest BCUT2D eigenvalue weighted by Crippen LogP contribution is 2.39. The number of ether oxygens (including phenoxy) is 4. The van der Waals surface area contributed by atoms with Crippen LogP contribution >= 0.6 is 24.8 Å². The summed E-state index contributed by atoms with van der Waals surface area (Å²) in [6, 6.07) is 24.9. The van der Waals surface area contributed by atoms with E-state index in [1.165, 1.54) is 54.6 Å². The van der Waals surface area contributed by atoms with Crippen molar-refractivity contribution in [3.8, 4) is 0 Å². The van der Waals surface area contributed by atoms with Crippen molar-refractivity contribution in [2.24, 2.45) is 17.6 Å². The second-order valence-electron chi connectivity index (χ2n) is 21.0. The Morgan fingerprint density at radius 2 is 0.986 bits per heavy atom. The van der Waals surface area contributed by atoms with E-state index in [1.807, 2.05) is 6.07 Å². The molecule has 0 aromatic heterocycles. The van der Waals surface area contributed by atoms with Crippen LogP contribution in [0, 0.1) is 11.8 Å². The number of rotatable bonds is 9. The molecule has 6 N–H and O–H groups in total. The molecule has 8 saturated heterocycles. The van der Waals surface area contributed by atoms with Gasteiger partial charge in [0.2, 0.25) is 0 Å². The van der Waals surface area contributed by atoms with Gasteiger partial charge in [-0.1, -0.05) is 84.0 Å². The number of carbonyl (C=O) groups excluding carboxylic acids is 2. The molecule has 12 rings (SSSR count). The molecule has 16 heteroatoms. The number of ketones is 2. The van der Waals surface area contributed by atoms with Crippen molar-refractivity contribution in [2.75, 3.05) is 105 Å². The second kappa shape index (κ2) is 32.1. The molecule has 0 unspecified atom stereocenters. The summed E-state index contributed by atoms with van der Waals surface area (Å²) in [7, 11) is 0. The molecule has 8 aliphatic heterocycles. The van der Waals surface area contributed by atoms with Gasteiger partial charge in [0.1, 0.15) is 19.0 Å². The van der Waals surface area contributed by atoms with Crippen LogP contribution in [0.3, 0.4) is 0 Å². The number of nitrogens with one attached hydrogen (secondary N) is 2. The lowest BCUT2D eigenvalue weighted by Gasteiger charge is -2.41. The Bertz CT molecular complexity index is 1890. The molecule has 10 fully saturated rings. The monoisotopic (exact) mass is 1040 g/mol. The van der Waals surface area contributed by atoms with Crippen molar-refractivity contribution in [3.63, 3.8) is 0 Å². The van der Waals surface area contributed by atoms with Crippen molar-refractivity contribution in [1.29, 1.82) is 0 Å². The summed E-state index contributed by atoms with van der Waals surface area (Å²) in [5, 5.41) is 25.2. The van der Waals surface area contributed by atoms with Gasteiger partial charge in [-0.25, -0.2) is 0 Å². The number of likely N-dealkylation sites (tertiary alicyclic amines) is 3. The number of aliphatic hydroxyl groups excluding tert-OH is 2. The number of aliphatic hydroxyl groups is 2. The number of nitrogens with two attached hydrogens (primary N) is 1. The normalized spacial score (nSPS) is 27.6. The van der Waals surface area contributed by atoms with Crippen LogP contribution in [0.5, 0.6) is 0 Å². The predicted molar refractivity (Wildman–Crippen MR) is 291 cm³/mol. The van der Waals surface area contributed by atoms with Crippen LogP contribution in [-0.4, -0.2) is 190 Å². The van der Waals surface area contributed by atoms with Gasteiger partial charge in [-0.15, -0.1) is 24.8 Å². The SMILES string of the molecule is C/C(=C\c1ccccc1)[C@@H]1C[C@H]1N.C/C(=C\c1ccccc1)[C@@H]1C[C@H]1NC1CCN(C2COC2)CC1.Cl.Cl.O=C1CCN(C2COC2)CC1.O=C1COC1.OC1CCN(C2COC2)CC1.OC1CCNCC1. The topological polar surface area (TPSA) is 171 Å². The highest BCUT2D eigenvalue weighted by atomic mass is 35.5. The maximum atomic E-state index is 10.9. The van der Waals surface area contributed by atoms with Gasteiger partial charge in [-0.05, 0) is 101 Å². The first-order chi connectivity index (χ1) is 34.1. The molecule has 4 atom stereocenters. The van der Waals surface area contributed by atoms with Crippen molar-refractivity contribution >= 4 is 48.5 Å². The van der Waals surface area contributed by atoms with Gasteiger partial charge >= 0.3 is 0 Å². The van der Waals surface area contributed by atoms with Crippen LogP contribution < -0.4 is 16.4 Å². The number of hydrogen-bond acceptors (Lipinski definition) is 14. The molecule has 404 valence electrons. The lowest BCUT2D eigenvalue weighted by molar-refractivity contribution is -0.140. The minimum absolute atomic E-state index is 0. The van der Waals surface area contributed by atoms with Gasteiger partial charge in [-0.3, -0.25) is 24.3 Å². The number of piperidine rings is 4. The van der Waals surface area contributed by atoms with E-state index in [-0.39, 0.29) is 42.8 Å². The summed E-state index contributed by atoms with van der Waals surface area (Å²) in [4.78, 5) is 28.1. The summed E-state index contributed by atoms with van der Waals surface area (Å²) < 4.78 is 20.0. The van der Waals surface area contributed by atoms with E-state index in [2.05, 4.69) is 111 Å². The number of benzene rings is 2. The maximum Gasteiger partial charge on any atom is 0.184 e. The van der Waals surface area contributed by atoms with Crippen molar-refractivity contribution in [1.82, 2.24) is 25.3 Å². The third kappa shape index (κ3) is 20.8. The summed E-state index contributed by atoms with van der Waals surface area (Å²) in [5.74, 6) is 2.01. The molecule has 2 aromatic carbocycles. The maximum absolute atomic E-state index is 10.9. The van der Waals surface area contributed by atoms with Gasteiger partial charge in [0, 0.05) is 70.2 Å². The Hall–Kier alpha value is -2.64. The predicted octanol–water partition coefficient (Wildman–Crippen LogP) is 5.42. The smallest absolute Gasteiger partial charge is 0.184 e. The average molecular weight is 1040 g/mol. The zero-order chi connectivity index (χ0) is 49.1. The summed E-state index contributed by atoms with van der Waals surface area (Å²) in [6.07, 6.45) is 14.8. The fourth-order valence-electron chi connectivity index (χ4n) is 9.88. The van der Waals surface area contributed by atoms with Crippen molar-refractivity contribution in [2.45, 2.75) is 127 Å². The molecule has 8 heterocycles. The van der Waals surface area contributed by atoms with Gasteiger partial charge in [-0.2, -0.15) is 0 Å². The van der Waals surface area contributed by atoms with E-state index in [0.717, 1.165) is 130 Å². The van der Waals surface area contributed by atoms with Crippen molar-refractivity contribution < 1.29 is 38.7 Å². The molecule has 2 aliphatic carbocycles. The van der Waals surface area contributed by atoms with Gasteiger partial charge in [0.15, 0.2) is 5.78 Å². The van der Waals surface area contributed by atoms with Crippen LogP contribution in [0.4, 0.5) is 0 Å². The van der Waals surface area contributed by atoms with E-state index in [0.29, 0.717) is 61.2 Å². The Morgan fingerprint density at radius 3 is 1.35 bits per heavy atom. The quantitative estimate of drug-likeness (QED) is 0.216. The fraction of sp³-hybridized carbons (Fsp3) is 0.679. The Labute approximate surface area is 443 Å². The molecule has 2 aromatic rings. The minimum Gasteiger partial charge on any atom is -0.393 e. The summed E-state index contributed by atoms with van der Waals surface area (Å²) >= 11 is 0. The van der Waals surface area contributed by atoms with Crippen LogP contribution in [0.25, 0.3) is 12.2 Å². The molecule has 2 saturated carbocycles. The van der Waals surface area contributed by atoms with Gasteiger partial charge < -0.3 is 45.5 Å². The van der Waals surface area contributed by atoms with Crippen LogP contribution in [0.2, 0.25) is 0 Å². The van der Waals surface area contributed by atoms with Crippen LogP contribution in [0.15, 0.2) is 71.8 Å². The van der Waals surface area contributed by atoms with Crippen LogP contribution in [-0.2, 0) is 28.5 Å². The molecular formula is C56H88Cl2N6O8. The third-order valence-corrected chi connectivity index (χ3v) is 15.3. The molecule has 0 spiro atoms.